The summed E-state index contributed by atoms with van der Waals surface area (Å²) in [6, 6.07) is 5.09. The molecule has 1 unspecified atom stereocenters. The number of benzene rings is 1. The third-order valence-electron chi connectivity index (χ3n) is 3.15. The summed E-state index contributed by atoms with van der Waals surface area (Å²) in [6.07, 6.45) is 2.24. The van der Waals surface area contributed by atoms with Crippen LogP contribution in [-0.4, -0.2) is 30.3 Å². The Balaban J connectivity index is 1.76. The third-order valence-corrected chi connectivity index (χ3v) is 4.99. The summed E-state index contributed by atoms with van der Waals surface area (Å²) in [5.74, 6) is -0.137. The molecular weight excluding hydrogens is 345 g/mol. The zero-order valence-electron chi connectivity index (χ0n) is 12.1. The fraction of sp³-hybridized carbons (Fsp3) is 0.467. The Kier molecular flexibility index (Phi) is 6.41. The number of halogens is 2. The Morgan fingerprint density at radius 2 is 2.14 bits per heavy atom. The second-order valence-electron chi connectivity index (χ2n) is 5.18. The van der Waals surface area contributed by atoms with Gasteiger partial charge in [-0.25, -0.2) is 0 Å². The minimum atomic E-state index is -0.404. The van der Waals surface area contributed by atoms with E-state index in [1.165, 1.54) is 11.8 Å². The second kappa shape index (κ2) is 8.09. The molecule has 0 aromatic heterocycles. The minimum absolute atomic E-state index is 0.111. The molecule has 0 heterocycles. The van der Waals surface area contributed by atoms with E-state index < -0.39 is 11.2 Å². The standard InChI is InChI=1S/C15H17Cl2NO3S/c1-9(22-13-6-11(16)4-5-12(13)17)15(20)18-7-14(19)21-8-10-2-3-10/h4-6,9-10H,2-3,7-8H2,1H3,(H,18,20). The number of rotatable bonds is 7. The lowest BCUT2D eigenvalue weighted by molar-refractivity contribution is -0.144. The van der Waals surface area contributed by atoms with Crippen molar-refractivity contribution in [3.05, 3.63) is 28.2 Å². The molecule has 4 nitrogen and oxygen atoms in total. The Labute approximate surface area is 143 Å². The number of thioether (sulfide) groups is 1. The average molecular weight is 362 g/mol. The van der Waals surface area contributed by atoms with E-state index in [2.05, 4.69) is 5.32 Å². The van der Waals surface area contributed by atoms with Crippen molar-refractivity contribution in [3.8, 4) is 0 Å². The normalized spacial score (nSPS) is 15.2. The number of carbonyl (C=O) groups excluding carboxylic acids is 2. The van der Waals surface area contributed by atoms with Crippen LogP contribution >= 0.6 is 35.0 Å². The summed E-state index contributed by atoms with van der Waals surface area (Å²) in [5.41, 5.74) is 0. The fourth-order valence-electron chi connectivity index (χ4n) is 1.66. The molecule has 1 aromatic rings. The first kappa shape index (κ1) is 17.4. The van der Waals surface area contributed by atoms with Gasteiger partial charge in [-0.15, -0.1) is 11.8 Å². The quantitative estimate of drug-likeness (QED) is 0.595. The molecule has 1 saturated carbocycles. The van der Waals surface area contributed by atoms with Gasteiger partial charge in [-0.3, -0.25) is 9.59 Å². The lowest BCUT2D eigenvalue weighted by Crippen LogP contribution is -2.35. The van der Waals surface area contributed by atoms with Crippen molar-refractivity contribution >= 4 is 46.8 Å². The van der Waals surface area contributed by atoms with Crippen molar-refractivity contribution in [2.75, 3.05) is 13.2 Å². The molecule has 22 heavy (non-hydrogen) atoms. The summed E-state index contributed by atoms with van der Waals surface area (Å²) in [6.45, 7) is 2.09. The van der Waals surface area contributed by atoms with E-state index in [9.17, 15) is 9.59 Å². The van der Waals surface area contributed by atoms with Gasteiger partial charge < -0.3 is 10.1 Å². The van der Waals surface area contributed by atoms with Crippen LogP contribution in [0.2, 0.25) is 10.0 Å². The van der Waals surface area contributed by atoms with Crippen LogP contribution in [0.4, 0.5) is 0 Å². The molecule has 2 rings (SSSR count). The summed E-state index contributed by atoms with van der Waals surface area (Å²) in [7, 11) is 0. The zero-order chi connectivity index (χ0) is 16.1. The van der Waals surface area contributed by atoms with Crippen molar-refractivity contribution in [2.45, 2.75) is 29.9 Å². The van der Waals surface area contributed by atoms with Crippen molar-refractivity contribution in [3.63, 3.8) is 0 Å². The highest BCUT2D eigenvalue weighted by atomic mass is 35.5. The van der Waals surface area contributed by atoms with Crippen molar-refractivity contribution in [1.82, 2.24) is 5.32 Å². The van der Waals surface area contributed by atoms with Crippen LogP contribution in [0.5, 0.6) is 0 Å². The van der Waals surface area contributed by atoms with Gasteiger partial charge in [-0.1, -0.05) is 23.2 Å². The van der Waals surface area contributed by atoms with E-state index in [0.717, 1.165) is 17.7 Å². The van der Waals surface area contributed by atoms with Crippen molar-refractivity contribution < 1.29 is 14.3 Å². The minimum Gasteiger partial charge on any atom is -0.464 e. The molecule has 7 heteroatoms. The SMILES string of the molecule is CC(Sc1cc(Cl)ccc1Cl)C(=O)NCC(=O)OCC1CC1. The van der Waals surface area contributed by atoms with Crippen molar-refractivity contribution in [2.24, 2.45) is 5.92 Å². The highest BCUT2D eigenvalue weighted by molar-refractivity contribution is 8.00. The monoisotopic (exact) mass is 361 g/mol. The van der Waals surface area contributed by atoms with E-state index in [1.54, 1.807) is 25.1 Å². The maximum Gasteiger partial charge on any atom is 0.325 e. The highest BCUT2D eigenvalue weighted by Gasteiger charge is 2.23. The van der Waals surface area contributed by atoms with E-state index in [1.807, 2.05) is 0 Å². The van der Waals surface area contributed by atoms with Gasteiger partial charge >= 0.3 is 5.97 Å². The molecular formula is C15H17Cl2NO3S. The largest absolute Gasteiger partial charge is 0.464 e. The van der Waals surface area contributed by atoms with Gasteiger partial charge in [0.05, 0.1) is 16.9 Å². The van der Waals surface area contributed by atoms with Crippen LogP contribution < -0.4 is 5.32 Å². The molecule has 120 valence electrons. The van der Waals surface area contributed by atoms with Gasteiger partial charge in [-0.2, -0.15) is 0 Å². The Hall–Kier alpha value is -0.910. The summed E-state index contributed by atoms with van der Waals surface area (Å²) < 4.78 is 5.05. The van der Waals surface area contributed by atoms with E-state index in [-0.39, 0.29) is 12.5 Å². The summed E-state index contributed by atoms with van der Waals surface area (Å²) in [4.78, 5) is 24.2. The van der Waals surface area contributed by atoms with Gasteiger partial charge in [0.2, 0.25) is 5.91 Å². The van der Waals surface area contributed by atoms with Gasteiger partial charge in [0.25, 0.3) is 0 Å². The van der Waals surface area contributed by atoms with E-state index in [0.29, 0.717) is 22.6 Å². The molecule has 1 aromatic carbocycles. The average Bonchev–Trinajstić information content (AvgIpc) is 3.30. The number of carbonyl (C=O) groups is 2. The lowest BCUT2D eigenvalue weighted by Gasteiger charge is -2.13. The van der Waals surface area contributed by atoms with Crippen LogP contribution in [0.1, 0.15) is 19.8 Å². The number of ether oxygens (including phenoxy) is 1. The third kappa shape index (κ3) is 5.71. The van der Waals surface area contributed by atoms with Crippen LogP contribution in [0.3, 0.4) is 0 Å². The van der Waals surface area contributed by atoms with Crippen LogP contribution in [0, 0.1) is 5.92 Å². The smallest absolute Gasteiger partial charge is 0.325 e. The molecule has 1 atom stereocenters. The molecule has 0 spiro atoms. The summed E-state index contributed by atoms with van der Waals surface area (Å²) >= 11 is 13.3. The molecule has 0 aliphatic heterocycles. The number of esters is 1. The first-order valence-electron chi connectivity index (χ1n) is 7.00. The predicted octanol–water partition coefficient (Wildman–Crippen LogP) is 3.54. The number of hydrogen-bond acceptors (Lipinski definition) is 4. The molecule has 1 fully saturated rings. The molecule has 0 bridgehead atoms. The van der Waals surface area contributed by atoms with Crippen molar-refractivity contribution in [1.29, 1.82) is 0 Å². The Morgan fingerprint density at radius 1 is 1.41 bits per heavy atom. The first-order chi connectivity index (χ1) is 10.5. The fourth-order valence-corrected chi connectivity index (χ4v) is 3.10. The molecule has 1 N–H and O–H groups in total. The Bertz CT molecular complexity index is 564. The first-order valence-corrected chi connectivity index (χ1v) is 8.64. The number of hydrogen-bond donors (Lipinski definition) is 1. The Morgan fingerprint density at radius 3 is 2.82 bits per heavy atom. The van der Waals surface area contributed by atoms with Crippen LogP contribution in [0.25, 0.3) is 0 Å². The highest BCUT2D eigenvalue weighted by Crippen LogP contribution is 2.32. The van der Waals surface area contributed by atoms with Crippen LogP contribution in [0.15, 0.2) is 23.1 Å². The van der Waals surface area contributed by atoms with E-state index >= 15 is 0 Å². The van der Waals surface area contributed by atoms with Crippen LogP contribution in [-0.2, 0) is 14.3 Å². The van der Waals surface area contributed by atoms with Gasteiger partial charge in [-0.05, 0) is 43.9 Å². The topological polar surface area (TPSA) is 55.4 Å². The van der Waals surface area contributed by atoms with Gasteiger partial charge in [0.1, 0.15) is 6.54 Å². The molecule has 1 aliphatic carbocycles. The molecule has 1 aliphatic rings. The van der Waals surface area contributed by atoms with Gasteiger partial charge in [0, 0.05) is 9.92 Å². The summed E-state index contributed by atoms with van der Waals surface area (Å²) in [5, 5.41) is 3.27. The molecule has 1 amide bonds. The number of nitrogens with one attached hydrogen (secondary N) is 1. The maximum absolute atomic E-state index is 12.0. The molecule has 0 radical (unpaired) electrons. The van der Waals surface area contributed by atoms with Gasteiger partial charge in [0.15, 0.2) is 0 Å². The number of amides is 1. The second-order valence-corrected chi connectivity index (χ2v) is 7.41. The molecule has 0 saturated heterocycles. The lowest BCUT2D eigenvalue weighted by atomic mass is 10.4. The van der Waals surface area contributed by atoms with E-state index in [4.69, 9.17) is 27.9 Å². The maximum atomic E-state index is 12.0. The predicted molar refractivity (Wildman–Crippen MR) is 88.5 cm³/mol. The zero-order valence-corrected chi connectivity index (χ0v) is 14.4.